The van der Waals surface area contributed by atoms with Crippen molar-refractivity contribution in [1.29, 1.82) is 0 Å². The third-order valence-corrected chi connectivity index (χ3v) is 6.05. The summed E-state index contributed by atoms with van der Waals surface area (Å²) in [5, 5.41) is 4.34. The number of fused-ring (bicyclic) bond motifs is 2. The number of hydrogen-bond acceptors (Lipinski definition) is 3. The van der Waals surface area contributed by atoms with Crippen molar-refractivity contribution in [2.24, 2.45) is 5.92 Å². The molecule has 2 heterocycles. The number of nitrogens with zero attached hydrogens (tertiary/aromatic N) is 1. The van der Waals surface area contributed by atoms with E-state index in [1.807, 2.05) is 24.1 Å². The van der Waals surface area contributed by atoms with Gasteiger partial charge in [0.25, 0.3) is 0 Å². The lowest BCUT2D eigenvalue weighted by molar-refractivity contribution is 0.0876. The van der Waals surface area contributed by atoms with E-state index in [-0.39, 0.29) is 12.1 Å². The van der Waals surface area contributed by atoms with Gasteiger partial charge in [0.15, 0.2) is 0 Å². The first-order valence-corrected chi connectivity index (χ1v) is 10.1. The molecule has 4 nitrogen and oxygen atoms in total. The highest BCUT2D eigenvalue weighted by Gasteiger charge is 2.37. The molecule has 27 heavy (non-hydrogen) atoms. The second-order valence-electron chi connectivity index (χ2n) is 7.33. The fourth-order valence-electron chi connectivity index (χ4n) is 4.53. The fourth-order valence-corrected chi connectivity index (χ4v) is 4.71. The van der Waals surface area contributed by atoms with Gasteiger partial charge in [-0.05, 0) is 66.8 Å². The van der Waals surface area contributed by atoms with Crippen molar-refractivity contribution < 1.29 is 9.53 Å². The van der Waals surface area contributed by atoms with E-state index in [1.165, 1.54) is 16.7 Å². The first-order chi connectivity index (χ1) is 13.2. The Bertz CT molecular complexity index is 807. The van der Waals surface area contributed by atoms with Gasteiger partial charge in [-0.3, -0.25) is 0 Å². The van der Waals surface area contributed by atoms with Crippen LogP contribution in [-0.4, -0.2) is 36.7 Å². The molecule has 1 aromatic carbocycles. The number of carbonyl (C=O) groups is 1. The molecule has 0 aromatic heterocycles. The van der Waals surface area contributed by atoms with Crippen LogP contribution in [0.15, 0.2) is 48.2 Å². The number of nitrogens with one attached hydrogen (secondary N) is 1. The summed E-state index contributed by atoms with van der Waals surface area (Å²) in [5.41, 5.74) is 3.82. The molecule has 1 amide bonds. The number of ether oxygens (including phenoxy) is 1. The minimum absolute atomic E-state index is 0.190. The van der Waals surface area contributed by atoms with Crippen LogP contribution in [-0.2, 0) is 4.74 Å². The number of hydrogen-bond donors (Lipinski definition) is 1. The first-order valence-electron chi connectivity index (χ1n) is 9.69. The average Bonchev–Trinajstić information content (AvgIpc) is 2.85. The van der Waals surface area contributed by atoms with Crippen molar-refractivity contribution in [1.82, 2.24) is 10.2 Å². The zero-order valence-electron chi connectivity index (χ0n) is 15.5. The van der Waals surface area contributed by atoms with E-state index in [1.54, 1.807) is 0 Å². The van der Waals surface area contributed by atoms with Crippen LogP contribution in [0, 0.1) is 5.92 Å². The Morgan fingerprint density at radius 1 is 1.30 bits per heavy atom. The fraction of sp³-hybridized carbons (Fsp3) is 0.409. The summed E-state index contributed by atoms with van der Waals surface area (Å²) in [6.07, 6.45) is 12.4. The lowest BCUT2D eigenvalue weighted by Gasteiger charge is -2.40. The number of carbonyl (C=O) groups excluding carboxylic acids is 1. The van der Waals surface area contributed by atoms with Crippen molar-refractivity contribution in [2.45, 2.75) is 31.7 Å². The van der Waals surface area contributed by atoms with Crippen LogP contribution in [0.5, 0.6) is 0 Å². The molecule has 0 bridgehead atoms. The maximum absolute atomic E-state index is 12.0. The topological polar surface area (TPSA) is 41.6 Å². The molecule has 1 aliphatic carbocycles. The van der Waals surface area contributed by atoms with Crippen molar-refractivity contribution in [3.63, 3.8) is 0 Å². The van der Waals surface area contributed by atoms with Gasteiger partial charge in [-0.1, -0.05) is 35.9 Å². The number of dihydropyridines is 1. The Hall–Kier alpha value is -2.20. The highest BCUT2D eigenvalue weighted by atomic mass is 35.5. The van der Waals surface area contributed by atoms with Crippen molar-refractivity contribution >= 4 is 23.8 Å². The van der Waals surface area contributed by atoms with E-state index in [9.17, 15) is 4.79 Å². The molecule has 0 spiro atoms. The minimum Gasteiger partial charge on any atom is -0.450 e. The van der Waals surface area contributed by atoms with Gasteiger partial charge in [0, 0.05) is 24.0 Å². The first kappa shape index (κ1) is 18.2. The lowest BCUT2D eigenvalue weighted by atomic mass is 9.73. The Kier molecular flexibility index (Phi) is 5.26. The number of benzene rings is 1. The SMILES string of the molecule is CCOC(=O)N1CCC(C2c3ccc(Cl)cc3C=CC3=CC=CNC32)CC1. The summed E-state index contributed by atoms with van der Waals surface area (Å²) in [6, 6.07) is 6.46. The van der Waals surface area contributed by atoms with Crippen LogP contribution >= 0.6 is 11.6 Å². The van der Waals surface area contributed by atoms with Gasteiger partial charge < -0.3 is 15.0 Å². The maximum Gasteiger partial charge on any atom is 0.409 e. The number of rotatable bonds is 2. The van der Waals surface area contributed by atoms with E-state index in [0.29, 0.717) is 18.4 Å². The maximum atomic E-state index is 12.0. The summed E-state index contributed by atoms with van der Waals surface area (Å²) in [6.45, 7) is 3.77. The molecule has 0 saturated carbocycles. The zero-order chi connectivity index (χ0) is 18.8. The molecule has 4 rings (SSSR count). The van der Waals surface area contributed by atoms with Crippen LogP contribution in [0.4, 0.5) is 4.79 Å². The largest absolute Gasteiger partial charge is 0.450 e. The van der Waals surface area contributed by atoms with Gasteiger partial charge in [-0.2, -0.15) is 0 Å². The quantitative estimate of drug-likeness (QED) is 0.801. The van der Waals surface area contributed by atoms with Crippen molar-refractivity contribution in [3.05, 3.63) is 64.3 Å². The van der Waals surface area contributed by atoms with Gasteiger partial charge in [0.1, 0.15) is 0 Å². The van der Waals surface area contributed by atoms with E-state index < -0.39 is 0 Å². The Labute approximate surface area is 165 Å². The van der Waals surface area contributed by atoms with Gasteiger partial charge >= 0.3 is 6.09 Å². The van der Waals surface area contributed by atoms with Crippen LogP contribution in [0.2, 0.25) is 5.02 Å². The number of likely N-dealkylation sites (tertiary alicyclic amines) is 1. The molecule has 2 atom stereocenters. The summed E-state index contributed by atoms with van der Waals surface area (Å²) >= 11 is 6.27. The van der Waals surface area contributed by atoms with E-state index >= 15 is 0 Å². The Morgan fingerprint density at radius 2 is 2.11 bits per heavy atom. The molecule has 142 valence electrons. The monoisotopic (exact) mass is 384 g/mol. The second kappa shape index (κ2) is 7.81. The Balaban J connectivity index is 1.62. The summed E-state index contributed by atoms with van der Waals surface area (Å²) < 4.78 is 5.17. The van der Waals surface area contributed by atoms with Gasteiger partial charge in [-0.15, -0.1) is 0 Å². The highest BCUT2D eigenvalue weighted by molar-refractivity contribution is 6.30. The molecule has 1 aromatic rings. The second-order valence-corrected chi connectivity index (χ2v) is 7.76. The Morgan fingerprint density at radius 3 is 2.89 bits per heavy atom. The normalized spacial score (nSPS) is 24.4. The van der Waals surface area contributed by atoms with Crippen LogP contribution < -0.4 is 5.32 Å². The van der Waals surface area contributed by atoms with E-state index in [4.69, 9.17) is 16.3 Å². The van der Waals surface area contributed by atoms with Crippen molar-refractivity contribution in [2.75, 3.05) is 19.7 Å². The standard InChI is InChI=1S/C22H25ClN2O2/c1-2-27-22(26)25-12-9-15(10-13-25)20-19-8-7-18(23)14-17(19)6-5-16-4-3-11-24-21(16)20/h3-8,11,14-15,20-21,24H,2,9-10,12-13H2,1H3. The molecule has 3 aliphatic rings. The van der Waals surface area contributed by atoms with Gasteiger partial charge in [0.05, 0.1) is 12.6 Å². The van der Waals surface area contributed by atoms with E-state index in [0.717, 1.165) is 31.0 Å². The lowest BCUT2D eigenvalue weighted by Crippen LogP contribution is -2.44. The number of allylic oxidation sites excluding steroid dienone is 2. The molecule has 0 radical (unpaired) electrons. The predicted octanol–water partition coefficient (Wildman–Crippen LogP) is 4.73. The minimum atomic E-state index is -0.190. The van der Waals surface area contributed by atoms with E-state index in [2.05, 4.69) is 41.8 Å². The smallest absolute Gasteiger partial charge is 0.409 e. The number of halogens is 1. The molecular formula is C22H25ClN2O2. The summed E-state index contributed by atoms with van der Waals surface area (Å²) in [4.78, 5) is 13.9. The van der Waals surface area contributed by atoms with Crippen LogP contribution in [0.1, 0.15) is 36.8 Å². The van der Waals surface area contributed by atoms with Crippen molar-refractivity contribution in [3.8, 4) is 0 Å². The highest BCUT2D eigenvalue weighted by Crippen LogP contribution is 2.42. The molecule has 1 fully saturated rings. The molecule has 2 unspecified atom stereocenters. The molecular weight excluding hydrogens is 360 g/mol. The molecule has 2 aliphatic heterocycles. The van der Waals surface area contributed by atoms with Gasteiger partial charge in [-0.25, -0.2) is 4.79 Å². The third-order valence-electron chi connectivity index (χ3n) is 5.82. The number of amides is 1. The number of piperidine rings is 1. The van der Waals surface area contributed by atoms with Crippen LogP contribution in [0.3, 0.4) is 0 Å². The summed E-state index contributed by atoms with van der Waals surface area (Å²) in [7, 11) is 0. The molecule has 1 saturated heterocycles. The van der Waals surface area contributed by atoms with Crippen LogP contribution in [0.25, 0.3) is 6.08 Å². The van der Waals surface area contributed by atoms with Gasteiger partial charge in [0.2, 0.25) is 0 Å². The third kappa shape index (κ3) is 3.63. The molecule has 5 heteroatoms. The predicted molar refractivity (Wildman–Crippen MR) is 109 cm³/mol. The average molecular weight is 385 g/mol. The zero-order valence-corrected chi connectivity index (χ0v) is 16.3. The summed E-state index contributed by atoms with van der Waals surface area (Å²) in [5.74, 6) is 0.829. The molecule has 1 N–H and O–H groups in total.